The van der Waals surface area contributed by atoms with Crippen LogP contribution in [-0.2, 0) is 13.0 Å². The Morgan fingerprint density at radius 1 is 1.21 bits per heavy atom. The number of amides is 1. The SMILES string of the molecule is CCCCc1c(-c2ccc(C#N)cc2)c(C(N)=O)c(C)n1CCC. The number of aromatic nitrogens is 1. The third kappa shape index (κ3) is 3.35. The fourth-order valence-electron chi connectivity index (χ4n) is 3.25. The van der Waals surface area contributed by atoms with E-state index in [1.54, 1.807) is 12.1 Å². The molecule has 1 amide bonds. The number of carbonyl (C=O) groups excluding carboxylic acids is 1. The zero-order valence-corrected chi connectivity index (χ0v) is 14.7. The van der Waals surface area contributed by atoms with Crippen LogP contribution < -0.4 is 5.73 Å². The molecule has 0 radical (unpaired) electrons. The van der Waals surface area contributed by atoms with E-state index in [2.05, 4.69) is 24.5 Å². The molecule has 0 atom stereocenters. The number of benzene rings is 1. The van der Waals surface area contributed by atoms with Crippen LogP contribution in [0.5, 0.6) is 0 Å². The Balaban J connectivity index is 2.71. The van der Waals surface area contributed by atoms with Gasteiger partial charge in [0.25, 0.3) is 5.91 Å². The van der Waals surface area contributed by atoms with E-state index in [0.717, 1.165) is 49.0 Å². The Morgan fingerprint density at radius 2 is 1.88 bits per heavy atom. The summed E-state index contributed by atoms with van der Waals surface area (Å²) in [5.74, 6) is -0.389. The molecule has 0 bridgehead atoms. The summed E-state index contributed by atoms with van der Waals surface area (Å²) < 4.78 is 2.24. The van der Waals surface area contributed by atoms with Crippen molar-refractivity contribution in [2.75, 3.05) is 0 Å². The highest BCUT2D eigenvalue weighted by Crippen LogP contribution is 2.34. The van der Waals surface area contributed by atoms with Crippen molar-refractivity contribution in [2.24, 2.45) is 5.73 Å². The fraction of sp³-hybridized carbons (Fsp3) is 0.400. The molecule has 126 valence electrons. The summed E-state index contributed by atoms with van der Waals surface area (Å²) in [4.78, 5) is 12.1. The average Bonchev–Trinajstić information content (AvgIpc) is 2.86. The summed E-state index contributed by atoms with van der Waals surface area (Å²) in [6.45, 7) is 7.14. The second kappa shape index (κ2) is 7.83. The van der Waals surface area contributed by atoms with Gasteiger partial charge in [-0.3, -0.25) is 4.79 Å². The largest absolute Gasteiger partial charge is 0.366 e. The molecule has 0 fully saturated rings. The highest BCUT2D eigenvalue weighted by Gasteiger charge is 2.24. The highest BCUT2D eigenvalue weighted by molar-refractivity contribution is 6.02. The van der Waals surface area contributed by atoms with E-state index in [-0.39, 0.29) is 5.91 Å². The van der Waals surface area contributed by atoms with E-state index >= 15 is 0 Å². The van der Waals surface area contributed by atoms with Crippen LogP contribution in [0.3, 0.4) is 0 Å². The first kappa shape index (κ1) is 17.8. The number of primary amides is 1. The van der Waals surface area contributed by atoms with Crippen molar-refractivity contribution >= 4 is 5.91 Å². The van der Waals surface area contributed by atoms with Gasteiger partial charge in [0.05, 0.1) is 17.2 Å². The van der Waals surface area contributed by atoms with Gasteiger partial charge in [0.2, 0.25) is 0 Å². The summed E-state index contributed by atoms with van der Waals surface area (Å²) in [5.41, 5.74) is 10.9. The van der Waals surface area contributed by atoms with Crippen molar-refractivity contribution in [3.8, 4) is 17.2 Å². The second-order valence-corrected chi connectivity index (χ2v) is 6.09. The third-order valence-corrected chi connectivity index (χ3v) is 4.39. The van der Waals surface area contributed by atoms with E-state index in [4.69, 9.17) is 11.0 Å². The molecule has 0 spiro atoms. The molecule has 1 heterocycles. The Labute approximate surface area is 143 Å². The first-order valence-electron chi connectivity index (χ1n) is 8.57. The number of hydrogen-bond acceptors (Lipinski definition) is 2. The maximum Gasteiger partial charge on any atom is 0.251 e. The number of carbonyl (C=O) groups is 1. The minimum absolute atomic E-state index is 0.389. The van der Waals surface area contributed by atoms with Gasteiger partial charge in [-0.05, 0) is 43.9 Å². The van der Waals surface area contributed by atoms with E-state index in [0.29, 0.717) is 11.1 Å². The molecule has 1 aromatic carbocycles. The zero-order valence-electron chi connectivity index (χ0n) is 14.7. The second-order valence-electron chi connectivity index (χ2n) is 6.09. The van der Waals surface area contributed by atoms with Gasteiger partial charge in [-0.15, -0.1) is 0 Å². The Bertz CT molecular complexity index is 764. The van der Waals surface area contributed by atoms with Gasteiger partial charge >= 0.3 is 0 Å². The highest BCUT2D eigenvalue weighted by atomic mass is 16.1. The van der Waals surface area contributed by atoms with Crippen LogP contribution >= 0.6 is 0 Å². The van der Waals surface area contributed by atoms with Crippen molar-refractivity contribution in [1.29, 1.82) is 5.26 Å². The molecule has 0 unspecified atom stereocenters. The van der Waals surface area contributed by atoms with Crippen LogP contribution in [0.25, 0.3) is 11.1 Å². The third-order valence-electron chi connectivity index (χ3n) is 4.39. The molecule has 2 aromatic rings. The molecule has 1 aromatic heterocycles. The number of hydrogen-bond donors (Lipinski definition) is 1. The summed E-state index contributed by atoms with van der Waals surface area (Å²) in [6.07, 6.45) is 4.07. The van der Waals surface area contributed by atoms with Crippen LogP contribution in [0.2, 0.25) is 0 Å². The molecular weight excluding hydrogens is 298 g/mol. The molecular formula is C20H25N3O. The molecule has 24 heavy (non-hydrogen) atoms. The van der Waals surface area contributed by atoms with Gasteiger partial charge in [-0.1, -0.05) is 32.4 Å². The molecule has 0 aliphatic carbocycles. The number of rotatable bonds is 7. The van der Waals surface area contributed by atoms with Crippen molar-refractivity contribution < 1.29 is 4.79 Å². The topological polar surface area (TPSA) is 71.8 Å². The lowest BCUT2D eigenvalue weighted by atomic mass is 9.97. The van der Waals surface area contributed by atoms with E-state index in [9.17, 15) is 4.79 Å². The number of nitrogens with two attached hydrogens (primary N) is 1. The molecule has 0 saturated heterocycles. The van der Waals surface area contributed by atoms with E-state index < -0.39 is 0 Å². The number of nitriles is 1. The first-order chi connectivity index (χ1) is 11.5. The van der Waals surface area contributed by atoms with E-state index in [1.165, 1.54) is 5.69 Å². The maximum absolute atomic E-state index is 12.1. The van der Waals surface area contributed by atoms with Crippen molar-refractivity contribution in [2.45, 2.75) is 53.0 Å². The Kier molecular flexibility index (Phi) is 5.81. The normalized spacial score (nSPS) is 10.6. The molecule has 0 saturated carbocycles. The van der Waals surface area contributed by atoms with Crippen LogP contribution in [0.15, 0.2) is 24.3 Å². The zero-order chi connectivity index (χ0) is 17.7. The number of unbranched alkanes of at least 4 members (excludes halogenated alkanes) is 1. The molecule has 0 aliphatic heterocycles. The van der Waals surface area contributed by atoms with Gasteiger partial charge in [-0.2, -0.15) is 5.26 Å². The van der Waals surface area contributed by atoms with Crippen molar-refractivity contribution in [3.05, 3.63) is 46.8 Å². The minimum atomic E-state index is -0.389. The first-order valence-corrected chi connectivity index (χ1v) is 8.57. The van der Waals surface area contributed by atoms with Crippen LogP contribution in [0.4, 0.5) is 0 Å². The quantitative estimate of drug-likeness (QED) is 0.830. The Hall–Kier alpha value is -2.54. The predicted octanol–water partition coefficient (Wildman–Crippen LogP) is 4.19. The fourth-order valence-corrected chi connectivity index (χ4v) is 3.25. The van der Waals surface area contributed by atoms with E-state index in [1.807, 2.05) is 19.1 Å². The Morgan fingerprint density at radius 3 is 2.38 bits per heavy atom. The summed E-state index contributed by atoms with van der Waals surface area (Å²) in [6, 6.07) is 9.52. The van der Waals surface area contributed by atoms with Gasteiger partial charge in [0.1, 0.15) is 0 Å². The van der Waals surface area contributed by atoms with Gasteiger partial charge in [-0.25, -0.2) is 0 Å². The monoisotopic (exact) mass is 323 g/mol. The van der Waals surface area contributed by atoms with Gasteiger partial charge < -0.3 is 10.3 Å². The van der Waals surface area contributed by atoms with Crippen LogP contribution in [-0.4, -0.2) is 10.5 Å². The lowest BCUT2D eigenvalue weighted by Crippen LogP contribution is -2.13. The van der Waals surface area contributed by atoms with Crippen LogP contribution in [0.1, 0.15) is 60.4 Å². The standard InChI is InChI=1S/C20H25N3O/c1-4-6-7-17-19(16-10-8-15(13-21)9-11-16)18(20(22)24)14(3)23(17)12-5-2/h8-11H,4-7,12H2,1-3H3,(H2,22,24). The average molecular weight is 323 g/mol. The van der Waals surface area contributed by atoms with Gasteiger partial charge in [0.15, 0.2) is 0 Å². The van der Waals surface area contributed by atoms with Crippen LogP contribution in [0, 0.1) is 18.3 Å². The summed E-state index contributed by atoms with van der Waals surface area (Å²) in [7, 11) is 0. The molecule has 2 rings (SSSR count). The maximum atomic E-state index is 12.1. The molecule has 4 nitrogen and oxygen atoms in total. The minimum Gasteiger partial charge on any atom is -0.366 e. The predicted molar refractivity (Wildman–Crippen MR) is 96.7 cm³/mol. The molecule has 4 heteroatoms. The summed E-state index contributed by atoms with van der Waals surface area (Å²) >= 11 is 0. The summed E-state index contributed by atoms with van der Waals surface area (Å²) in [5, 5.41) is 9.00. The smallest absolute Gasteiger partial charge is 0.251 e. The van der Waals surface area contributed by atoms with Gasteiger partial charge in [0, 0.05) is 23.5 Å². The molecule has 0 aliphatic rings. The number of nitrogens with zero attached hydrogens (tertiary/aromatic N) is 2. The lowest BCUT2D eigenvalue weighted by molar-refractivity contribution is 0.1000. The van der Waals surface area contributed by atoms with Crippen molar-refractivity contribution in [1.82, 2.24) is 4.57 Å². The lowest BCUT2D eigenvalue weighted by Gasteiger charge is -2.12. The molecule has 2 N–H and O–H groups in total. The van der Waals surface area contributed by atoms with Crippen molar-refractivity contribution in [3.63, 3.8) is 0 Å².